The molecule has 420 valence electrons. The maximum absolute atomic E-state index is 11.2. The molecule has 82 heavy (non-hydrogen) atoms. The summed E-state index contributed by atoms with van der Waals surface area (Å²) >= 11 is 2.33. The zero-order valence-electron chi connectivity index (χ0n) is 46.9. The van der Waals surface area contributed by atoms with Crippen molar-refractivity contribution in [2.75, 3.05) is 42.1 Å². The number of nitrogen functional groups attached to an aromatic ring is 3. The van der Waals surface area contributed by atoms with Gasteiger partial charge in [-0.1, -0.05) is 60.7 Å². The average Bonchev–Trinajstić information content (AvgIpc) is 4.38. The van der Waals surface area contributed by atoms with Crippen LogP contribution in [0.3, 0.4) is 0 Å². The van der Waals surface area contributed by atoms with E-state index in [1.807, 2.05) is 55.5 Å². The lowest BCUT2D eigenvalue weighted by atomic mass is 10.0. The Morgan fingerprint density at radius 2 is 1.10 bits per heavy atom. The molecule has 0 atom stereocenters. The zero-order valence-corrected chi connectivity index (χ0v) is 48.1. The molecule has 0 fully saturated rings. The first-order valence-electron chi connectivity index (χ1n) is 26.6. The first-order chi connectivity index (χ1) is 40.1. The van der Waals surface area contributed by atoms with E-state index in [1.165, 1.54) is 44.1 Å². The van der Waals surface area contributed by atoms with Crippen molar-refractivity contribution >= 4 is 79.3 Å². The molecule has 4 aliphatic carbocycles. The number of methoxy groups -OCH3 is 1. The van der Waals surface area contributed by atoms with Crippen molar-refractivity contribution in [3.05, 3.63) is 183 Å². The highest BCUT2D eigenvalue weighted by Gasteiger charge is 2.21. The van der Waals surface area contributed by atoms with Crippen molar-refractivity contribution in [1.29, 1.82) is 0 Å². The summed E-state index contributed by atoms with van der Waals surface area (Å²) in [6, 6.07) is 24.6. The van der Waals surface area contributed by atoms with E-state index >= 15 is 0 Å². The van der Waals surface area contributed by atoms with Gasteiger partial charge >= 0.3 is 5.97 Å². The van der Waals surface area contributed by atoms with Crippen LogP contribution >= 0.6 is 22.6 Å². The van der Waals surface area contributed by atoms with Gasteiger partial charge in [-0.3, -0.25) is 14.4 Å². The SMILES string of the molecule is CC(C)Nc1cncc(C2=CCc3ccc(-c4nc(N)no4)cc32)n1.COC(=O)c1ccc2c(c1)C=CC2.Cc1cncc(NC(C)C)n1.Nc1noc(-c2ccc3c(c2)C(I)=CC3)n1.Nc1noc(-c2ccc3c(c2)C=CC3)n1.[2H]CF. The van der Waals surface area contributed by atoms with Gasteiger partial charge in [-0.15, -0.1) is 0 Å². The molecule has 0 spiro atoms. The van der Waals surface area contributed by atoms with Crippen LogP contribution in [0.4, 0.5) is 33.9 Å². The molecule has 4 aromatic carbocycles. The fourth-order valence-corrected chi connectivity index (χ4v) is 9.47. The summed E-state index contributed by atoms with van der Waals surface area (Å²) in [5, 5.41) is 17.2. The van der Waals surface area contributed by atoms with E-state index in [4.69, 9.17) is 32.1 Å². The van der Waals surface area contributed by atoms with Crippen LogP contribution in [0.2, 0.25) is 0 Å². The number of rotatable bonds is 9. The minimum atomic E-state index is -1.00. The molecule has 20 nitrogen and oxygen atoms in total. The number of esters is 1. The maximum Gasteiger partial charge on any atom is 0.337 e. The lowest BCUT2D eigenvalue weighted by Crippen LogP contribution is -2.11. The van der Waals surface area contributed by atoms with E-state index in [9.17, 15) is 9.18 Å². The Bertz CT molecular complexity index is 3840. The Morgan fingerprint density at radius 3 is 1.62 bits per heavy atom. The largest absolute Gasteiger partial charge is 0.465 e. The van der Waals surface area contributed by atoms with Crippen molar-refractivity contribution in [2.45, 2.75) is 72.4 Å². The normalized spacial score (nSPS) is 12.6. The lowest BCUT2D eigenvalue weighted by molar-refractivity contribution is 0.0600. The van der Waals surface area contributed by atoms with E-state index in [0.29, 0.717) is 35.3 Å². The van der Waals surface area contributed by atoms with Gasteiger partial charge in [0.2, 0.25) is 0 Å². The van der Waals surface area contributed by atoms with E-state index in [-0.39, 0.29) is 23.8 Å². The number of anilines is 5. The van der Waals surface area contributed by atoms with Gasteiger partial charge < -0.3 is 46.1 Å². The second kappa shape index (κ2) is 27.6. The molecule has 0 saturated carbocycles. The van der Waals surface area contributed by atoms with Gasteiger partial charge in [-0.2, -0.15) is 15.0 Å². The van der Waals surface area contributed by atoms with Crippen LogP contribution in [0.25, 0.3) is 55.7 Å². The Morgan fingerprint density at radius 1 is 0.622 bits per heavy atom. The van der Waals surface area contributed by atoms with E-state index < -0.39 is 7.15 Å². The first kappa shape index (κ1) is 57.2. The van der Waals surface area contributed by atoms with Gasteiger partial charge in [0.25, 0.3) is 35.5 Å². The summed E-state index contributed by atoms with van der Waals surface area (Å²) in [4.78, 5) is 40.5. The van der Waals surface area contributed by atoms with Crippen molar-refractivity contribution in [1.82, 2.24) is 50.4 Å². The van der Waals surface area contributed by atoms with Crippen molar-refractivity contribution in [3.8, 4) is 34.4 Å². The number of ether oxygens (including phenoxy) is 1. The van der Waals surface area contributed by atoms with Gasteiger partial charge in [0.1, 0.15) is 11.6 Å². The monoisotopic (exact) mass is 1220 g/mol. The van der Waals surface area contributed by atoms with Crippen LogP contribution in [-0.4, -0.2) is 82.7 Å². The number of alkyl halides is 1. The van der Waals surface area contributed by atoms with Gasteiger partial charge in [0, 0.05) is 44.1 Å². The number of hydrogen-bond donors (Lipinski definition) is 5. The fourth-order valence-electron chi connectivity index (χ4n) is 8.74. The number of benzene rings is 4. The summed E-state index contributed by atoms with van der Waals surface area (Å²) in [6.07, 6.45) is 23.5. The summed E-state index contributed by atoms with van der Waals surface area (Å²) in [6.45, 7) is 10.2. The number of nitrogens with zero attached hydrogens (tertiary/aromatic N) is 10. The standard InChI is InChI=1S/C18H18N6O.C11H8IN3O.C11H9N3O.C11H10O2.C8H13N3.CH3F/c1-10(2)21-16-9-20-8-15(22-16)13-6-5-11-3-4-12(7-14(11)13)17-23-18(19)24-25-17;12-9-4-3-6-1-2-7(5-8(6)9)10-14-11(13)15-16-10;12-11-13-10(15-14-11)9-5-4-7-2-1-3-8(7)6-9;1-13-11(12)10-6-5-8-3-2-4-9(8)7-10;1-6(2)10-8-5-9-4-7(3)11-8;1-2/h3-4,6-10H,5H2,1-2H3,(H2,19,24)(H,21,22);1-2,4-5H,3H2,(H2,13,15);1,3-6H,2H2,(H2,12,14);2,4-7H,3H2,1H3;4-6H,1-3H3,(H,10,11);1H3/i;;;;;1D. The summed E-state index contributed by atoms with van der Waals surface area (Å²) < 4.78 is 36.6. The number of nitrogens with one attached hydrogen (secondary N) is 2. The highest BCUT2D eigenvalue weighted by molar-refractivity contribution is 14.1. The Hall–Kier alpha value is -9.45. The van der Waals surface area contributed by atoms with Crippen molar-refractivity contribution in [2.24, 2.45) is 0 Å². The number of fused-ring (bicyclic) bond motifs is 4. The molecule has 0 amide bonds. The summed E-state index contributed by atoms with van der Waals surface area (Å²) in [7, 11) is 0.394. The Kier molecular flexibility index (Phi) is 19.3. The molecule has 8 N–H and O–H groups in total. The van der Waals surface area contributed by atoms with E-state index in [1.54, 1.807) is 30.9 Å². The predicted molar refractivity (Wildman–Crippen MR) is 326 cm³/mol. The number of aromatic nitrogens is 10. The van der Waals surface area contributed by atoms with Crippen LogP contribution < -0.4 is 27.8 Å². The lowest BCUT2D eigenvalue weighted by Gasteiger charge is -2.11. The van der Waals surface area contributed by atoms with Crippen molar-refractivity contribution in [3.63, 3.8) is 0 Å². The minimum Gasteiger partial charge on any atom is -0.465 e. The molecule has 5 heterocycles. The molecular formula is C60H61FIN15O5. The number of hydrogen-bond acceptors (Lipinski definition) is 20. The van der Waals surface area contributed by atoms with E-state index in [0.717, 1.165) is 82.1 Å². The summed E-state index contributed by atoms with van der Waals surface area (Å²) in [5.41, 5.74) is 32.3. The van der Waals surface area contributed by atoms with Crippen molar-refractivity contribution < 1.29 is 28.9 Å². The number of halogens is 2. The molecule has 5 aromatic heterocycles. The quantitative estimate of drug-likeness (QED) is 0.0662. The zero-order chi connectivity index (χ0) is 59.0. The highest BCUT2D eigenvalue weighted by Crippen LogP contribution is 2.37. The first-order valence-corrected chi connectivity index (χ1v) is 26.9. The average molecular weight is 1220 g/mol. The van der Waals surface area contributed by atoms with Crippen LogP contribution in [0.15, 0.2) is 135 Å². The van der Waals surface area contributed by atoms with Crippen LogP contribution in [0, 0.1) is 6.92 Å². The van der Waals surface area contributed by atoms with E-state index in [2.05, 4.69) is 171 Å². The second-order valence-corrected chi connectivity index (χ2v) is 20.3. The number of carbonyl (C=O) groups excluding carboxylic acids is 1. The third-order valence-corrected chi connectivity index (χ3v) is 13.4. The number of aryl methyl sites for hydroxylation is 1. The topological polar surface area (TPSA) is 297 Å². The third kappa shape index (κ3) is 15.3. The molecule has 0 bridgehead atoms. The summed E-state index contributed by atoms with van der Waals surface area (Å²) in [5.74, 6) is 3.15. The van der Waals surface area contributed by atoms with Crippen LogP contribution in [0.1, 0.15) is 95.3 Å². The molecule has 9 aromatic rings. The second-order valence-electron chi connectivity index (χ2n) is 19.2. The minimum absolute atomic E-state index is 0.129. The molecular weight excluding hydrogens is 1160 g/mol. The van der Waals surface area contributed by atoms with Crippen LogP contribution in [0.5, 0.6) is 0 Å². The molecule has 13 rings (SSSR count). The number of nitrogens with two attached hydrogens (primary N) is 3. The smallest absolute Gasteiger partial charge is 0.337 e. The van der Waals surface area contributed by atoms with Gasteiger partial charge in [-0.05, 0) is 191 Å². The number of carbonyl (C=O) groups is 1. The molecule has 22 heteroatoms. The fraction of sp³-hybridized carbons (Fsp3) is 0.217. The van der Waals surface area contributed by atoms with Gasteiger partial charge in [0.15, 0.2) is 0 Å². The molecule has 0 aliphatic heterocycles. The molecule has 0 saturated heterocycles. The van der Waals surface area contributed by atoms with Gasteiger partial charge in [0.05, 0.1) is 51.2 Å². The number of allylic oxidation sites excluding steroid dienone is 4. The maximum atomic E-state index is 11.2. The third-order valence-electron chi connectivity index (χ3n) is 12.4. The van der Waals surface area contributed by atoms with Crippen LogP contribution in [-0.2, 0) is 30.4 Å². The molecule has 0 unspecified atom stereocenters. The highest BCUT2D eigenvalue weighted by atomic mass is 127. The predicted octanol–water partition coefficient (Wildman–Crippen LogP) is 11.7. The Balaban J connectivity index is 0.000000138. The molecule has 4 aliphatic rings. The van der Waals surface area contributed by atoms with Gasteiger partial charge in [-0.25, -0.2) is 14.8 Å². The molecule has 0 radical (unpaired) electrons. The Labute approximate surface area is 488 Å².